The lowest BCUT2D eigenvalue weighted by Gasteiger charge is -2.34. The summed E-state index contributed by atoms with van der Waals surface area (Å²) in [6.07, 6.45) is 9.95. The number of Topliss-reactive ketones (excluding diaryl/α,β-unsaturated/α-hetero) is 1. The second kappa shape index (κ2) is 9.70. The Bertz CT molecular complexity index is 771. The van der Waals surface area contributed by atoms with Crippen molar-refractivity contribution in [1.82, 2.24) is 0 Å². The normalized spacial score (nSPS) is 21.6. The van der Waals surface area contributed by atoms with Gasteiger partial charge >= 0.3 is 5.97 Å². The van der Waals surface area contributed by atoms with Gasteiger partial charge in [0, 0.05) is 17.4 Å². The first-order valence-electron chi connectivity index (χ1n) is 10.8. The lowest BCUT2D eigenvalue weighted by Crippen LogP contribution is -2.35. The van der Waals surface area contributed by atoms with Crippen LogP contribution in [-0.4, -0.2) is 23.5 Å². The number of carboxylic acid groups (broad SMARTS) is 1. The average Bonchev–Trinajstić information content (AvgIpc) is 3.31. The van der Waals surface area contributed by atoms with Gasteiger partial charge in [-0.3, -0.25) is 9.59 Å². The van der Waals surface area contributed by atoms with Gasteiger partial charge in [-0.2, -0.15) is 0 Å². The first-order chi connectivity index (χ1) is 13.9. The van der Waals surface area contributed by atoms with Crippen molar-refractivity contribution in [2.24, 2.45) is 11.3 Å². The number of halogens is 2. The van der Waals surface area contributed by atoms with Crippen molar-refractivity contribution in [3.63, 3.8) is 0 Å². The van der Waals surface area contributed by atoms with Crippen molar-refractivity contribution in [1.29, 1.82) is 0 Å². The van der Waals surface area contributed by atoms with Gasteiger partial charge in [0.05, 0.1) is 11.6 Å². The highest BCUT2D eigenvalue weighted by atomic mass is 35.5. The fourth-order valence-corrected chi connectivity index (χ4v) is 5.63. The predicted molar refractivity (Wildman–Crippen MR) is 115 cm³/mol. The lowest BCUT2D eigenvalue weighted by atomic mass is 9.68. The van der Waals surface area contributed by atoms with Crippen molar-refractivity contribution in [3.05, 3.63) is 27.2 Å². The van der Waals surface area contributed by atoms with Gasteiger partial charge in [-0.15, -0.1) is 0 Å². The highest BCUT2D eigenvalue weighted by Crippen LogP contribution is 2.54. The molecule has 0 aliphatic heterocycles. The summed E-state index contributed by atoms with van der Waals surface area (Å²) in [5.74, 6) is 0.170. The topological polar surface area (TPSA) is 63.6 Å². The summed E-state index contributed by atoms with van der Waals surface area (Å²) in [4.78, 5) is 24.4. The molecule has 6 heteroatoms. The molecular formula is C23H30Cl2O4. The van der Waals surface area contributed by atoms with E-state index in [1.165, 1.54) is 12.8 Å². The second-order valence-corrected chi connectivity index (χ2v) is 9.24. The first-order valence-corrected chi connectivity index (χ1v) is 11.6. The summed E-state index contributed by atoms with van der Waals surface area (Å²) in [6.45, 7) is 2.43. The quantitative estimate of drug-likeness (QED) is 0.409. The molecule has 160 valence electrons. The minimum absolute atomic E-state index is 0.0387. The van der Waals surface area contributed by atoms with E-state index in [4.69, 9.17) is 33.0 Å². The molecule has 1 atom stereocenters. The number of rotatable bonds is 10. The maximum atomic E-state index is 13.7. The van der Waals surface area contributed by atoms with Gasteiger partial charge in [0.1, 0.15) is 10.8 Å². The van der Waals surface area contributed by atoms with E-state index in [1.807, 2.05) is 6.07 Å². The third-order valence-electron chi connectivity index (χ3n) is 6.60. The van der Waals surface area contributed by atoms with Crippen LogP contribution in [-0.2, 0) is 11.2 Å². The maximum Gasteiger partial charge on any atom is 0.303 e. The van der Waals surface area contributed by atoms with E-state index in [1.54, 1.807) is 0 Å². The molecule has 1 aromatic rings. The molecule has 29 heavy (non-hydrogen) atoms. The smallest absolute Gasteiger partial charge is 0.303 e. The Kier molecular flexibility index (Phi) is 7.50. The largest absolute Gasteiger partial charge is 0.492 e. The molecule has 0 saturated heterocycles. The number of carbonyl (C=O) groups is 2. The van der Waals surface area contributed by atoms with Crippen molar-refractivity contribution < 1.29 is 19.4 Å². The summed E-state index contributed by atoms with van der Waals surface area (Å²) < 4.78 is 5.73. The van der Waals surface area contributed by atoms with Crippen LogP contribution in [0.1, 0.15) is 87.1 Å². The number of ether oxygens (including phenoxy) is 1. The predicted octanol–water partition coefficient (Wildman–Crippen LogP) is 6.73. The minimum Gasteiger partial charge on any atom is -0.492 e. The number of hydrogen-bond donors (Lipinski definition) is 1. The number of fused-ring (bicyclic) bond motifs is 1. The van der Waals surface area contributed by atoms with Crippen molar-refractivity contribution >= 4 is 35.0 Å². The van der Waals surface area contributed by atoms with Gasteiger partial charge < -0.3 is 9.84 Å². The van der Waals surface area contributed by atoms with E-state index in [9.17, 15) is 9.59 Å². The number of ketones is 1. The minimum atomic E-state index is -0.856. The Morgan fingerprint density at radius 2 is 1.93 bits per heavy atom. The standard InChI is InChI=1S/C23H30Cl2O4/c1-2-3-6-11-23(16-8-4-5-9-16)14-15-13-17(29-12-7-10-18(26)27)20(24)21(25)19(15)22(23)28/h13,16H,2-12,14H2,1H3,(H,26,27). The van der Waals surface area contributed by atoms with E-state index in [0.29, 0.717) is 30.1 Å². The van der Waals surface area contributed by atoms with Gasteiger partial charge in [0.15, 0.2) is 5.78 Å². The number of hydrogen-bond acceptors (Lipinski definition) is 3. The summed E-state index contributed by atoms with van der Waals surface area (Å²) in [6, 6.07) is 1.86. The third kappa shape index (κ3) is 4.59. The van der Waals surface area contributed by atoms with E-state index in [2.05, 4.69) is 6.92 Å². The molecule has 3 rings (SSSR count). The molecule has 0 aromatic heterocycles. The van der Waals surface area contributed by atoms with Crippen LogP contribution < -0.4 is 4.74 Å². The summed E-state index contributed by atoms with van der Waals surface area (Å²) >= 11 is 13.0. The molecule has 0 spiro atoms. The molecule has 0 radical (unpaired) electrons. The fraction of sp³-hybridized carbons (Fsp3) is 0.652. The number of unbranched alkanes of at least 4 members (excludes halogenated alkanes) is 2. The van der Waals surface area contributed by atoms with Crippen LogP contribution in [0.15, 0.2) is 6.07 Å². The van der Waals surface area contributed by atoms with Crippen LogP contribution in [0.25, 0.3) is 0 Å². The fourth-order valence-electron chi connectivity index (χ4n) is 5.12. The van der Waals surface area contributed by atoms with Crippen molar-refractivity contribution in [2.45, 2.75) is 77.6 Å². The molecule has 1 fully saturated rings. The molecule has 2 aliphatic carbocycles. The Morgan fingerprint density at radius 3 is 2.59 bits per heavy atom. The second-order valence-electron chi connectivity index (χ2n) is 8.48. The highest BCUT2D eigenvalue weighted by molar-refractivity contribution is 6.45. The molecule has 4 nitrogen and oxygen atoms in total. The van der Waals surface area contributed by atoms with Crippen LogP contribution in [0.3, 0.4) is 0 Å². The maximum absolute atomic E-state index is 13.7. The zero-order valence-electron chi connectivity index (χ0n) is 17.1. The molecule has 1 aromatic carbocycles. The SMILES string of the molecule is CCCCCC1(C2CCCC2)Cc2cc(OCCCC(=O)O)c(Cl)c(Cl)c2C1=O. The lowest BCUT2D eigenvalue weighted by molar-refractivity contribution is -0.137. The highest BCUT2D eigenvalue weighted by Gasteiger charge is 2.51. The van der Waals surface area contributed by atoms with Crippen molar-refractivity contribution in [3.8, 4) is 5.75 Å². The Labute approximate surface area is 182 Å². The Balaban J connectivity index is 1.86. The van der Waals surface area contributed by atoms with E-state index >= 15 is 0 Å². The van der Waals surface area contributed by atoms with Gasteiger partial charge in [0.25, 0.3) is 0 Å². The van der Waals surface area contributed by atoms with Gasteiger partial charge in [-0.05, 0) is 49.7 Å². The Hall–Kier alpha value is -1.26. The van der Waals surface area contributed by atoms with Gasteiger partial charge in [-0.25, -0.2) is 0 Å². The number of benzene rings is 1. The first kappa shape index (κ1) is 22.4. The zero-order valence-corrected chi connectivity index (χ0v) is 18.6. The van der Waals surface area contributed by atoms with Crippen LogP contribution >= 0.6 is 23.2 Å². The molecule has 2 aliphatic rings. The van der Waals surface area contributed by atoms with Gasteiger partial charge in [0.2, 0.25) is 0 Å². The molecule has 1 N–H and O–H groups in total. The monoisotopic (exact) mass is 440 g/mol. The molecule has 0 bridgehead atoms. The van der Waals surface area contributed by atoms with Crippen LogP contribution in [0, 0.1) is 11.3 Å². The zero-order chi connectivity index (χ0) is 21.0. The number of carboxylic acids is 1. The van der Waals surface area contributed by atoms with E-state index in [-0.39, 0.29) is 34.3 Å². The molecular weight excluding hydrogens is 411 g/mol. The van der Waals surface area contributed by atoms with Crippen molar-refractivity contribution in [2.75, 3.05) is 6.61 Å². The van der Waals surface area contributed by atoms with Crippen LogP contribution in [0.5, 0.6) is 5.75 Å². The van der Waals surface area contributed by atoms with E-state index in [0.717, 1.165) is 44.1 Å². The number of carbonyl (C=O) groups excluding carboxylic acids is 1. The van der Waals surface area contributed by atoms with Crippen LogP contribution in [0.2, 0.25) is 10.0 Å². The third-order valence-corrected chi connectivity index (χ3v) is 7.45. The van der Waals surface area contributed by atoms with Crippen LogP contribution in [0.4, 0.5) is 0 Å². The summed E-state index contributed by atoms with van der Waals surface area (Å²) in [7, 11) is 0. The molecule has 0 amide bonds. The molecule has 1 saturated carbocycles. The Morgan fingerprint density at radius 1 is 1.21 bits per heavy atom. The summed E-state index contributed by atoms with van der Waals surface area (Å²) in [5.41, 5.74) is 1.15. The molecule has 0 heterocycles. The summed E-state index contributed by atoms with van der Waals surface area (Å²) in [5, 5.41) is 9.32. The molecule has 1 unspecified atom stereocenters. The van der Waals surface area contributed by atoms with Gasteiger partial charge in [-0.1, -0.05) is 62.2 Å². The number of aliphatic carboxylic acids is 1. The average molecular weight is 441 g/mol. The van der Waals surface area contributed by atoms with E-state index < -0.39 is 5.97 Å².